The molecule has 2 nitrogen and oxygen atoms in total. The third-order valence-electron chi connectivity index (χ3n) is 3.56. The highest BCUT2D eigenvalue weighted by molar-refractivity contribution is 6.33. The van der Waals surface area contributed by atoms with Crippen LogP contribution < -0.4 is 10.6 Å². The van der Waals surface area contributed by atoms with Gasteiger partial charge in [-0.2, -0.15) is 0 Å². The average Bonchev–Trinajstić information content (AvgIpc) is 2.45. The minimum atomic E-state index is 0.155. The third-order valence-corrected chi connectivity index (χ3v) is 3.86. The second kappa shape index (κ2) is 7.48. The van der Waals surface area contributed by atoms with Gasteiger partial charge in [-0.05, 0) is 43.0 Å². The van der Waals surface area contributed by atoms with Gasteiger partial charge in [0.1, 0.15) is 0 Å². The predicted molar refractivity (Wildman–Crippen MR) is 92.2 cm³/mol. The Bertz CT molecular complexity index is 567. The Morgan fingerprint density at radius 3 is 2.43 bits per heavy atom. The molecule has 1 unspecified atom stereocenters. The maximum atomic E-state index is 6.41. The first kappa shape index (κ1) is 15.9. The minimum absolute atomic E-state index is 0.155. The van der Waals surface area contributed by atoms with Crippen molar-refractivity contribution in [3.63, 3.8) is 0 Å². The molecule has 0 radical (unpaired) electrons. The van der Waals surface area contributed by atoms with E-state index in [-0.39, 0.29) is 6.04 Å². The van der Waals surface area contributed by atoms with Crippen LogP contribution in [0.15, 0.2) is 48.5 Å². The lowest BCUT2D eigenvalue weighted by atomic mass is 10.1. The number of rotatable bonds is 6. The summed E-state index contributed by atoms with van der Waals surface area (Å²) in [6.07, 6.45) is 1.86. The van der Waals surface area contributed by atoms with Crippen LogP contribution in [0.25, 0.3) is 0 Å². The fourth-order valence-corrected chi connectivity index (χ4v) is 2.77. The molecule has 0 aliphatic heterocycles. The van der Waals surface area contributed by atoms with E-state index in [9.17, 15) is 0 Å². The first-order valence-corrected chi connectivity index (χ1v) is 7.73. The van der Waals surface area contributed by atoms with Gasteiger partial charge in [0.15, 0.2) is 0 Å². The van der Waals surface area contributed by atoms with E-state index in [0.717, 1.165) is 30.1 Å². The van der Waals surface area contributed by atoms with Crippen LogP contribution in [0.4, 0.5) is 5.69 Å². The molecule has 0 saturated carbocycles. The summed E-state index contributed by atoms with van der Waals surface area (Å²) in [5, 5.41) is 0.795. The Labute approximate surface area is 132 Å². The van der Waals surface area contributed by atoms with Crippen LogP contribution in [0.5, 0.6) is 0 Å². The largest absolute Gasteiger partial charge is 0.373 e. The van der Waals surface area contributed by atoms with Crippen molar-refractivity contribution in [2.24, 2.45) is 5.73 Å². The third kappa shape index (κ3) is 4.76. The Hall–Kier alpha value is -1.51. The van der Waals surface area contributed by atoms with Gasteiger partial charge in [-0.3, -0.25) is 0 Å². The molecule has 0 aliphatic rings. The van der Waals surface area contributed by atoms with Crippen molar-refractivity contribution in [3.05, 3.63) is 64.7 Å². The van der Waals surface area contributed by atoms with Crippen molar-refractivity contribution in [2.75, 3.05) is 18.5 Å². The molecule has 0 fully saturated rings. The van der Waals surface area contributed by atoms with Crippen LogP contribution in [0, 0.1) is 0 Å². The van der Waals surface area contributed by atoms with E-state index in [0.29, 0.717) is 0 Å². The van der Waals surface area contributed by atoms with E-state index in [1.54, 1.807) is 0 Å². The van der Waals surface area contributed by atoms with Crippen molar-refractivity contribution in [3.8, 4) is 0 Å². The number of halogens is 1. The fourth-order valence-electron chi connectivity index (χ4n) is 2.42. The molecule has 1 atom stereocenters. The van der Waals surface area contributed by atoms with Crippen LogP contribution >= 0.6 is 11.6 Å². The van der Waals surface area contributed by atoms with Gasteiger partial charge in [0.25, 0.3) is 0 Å². The molecule has 3 heteroatoms. The molecule has 0 aliphatic carbocycles. The zero-order valence-corrected chi connectivity index (χ0v) is 13.5. The maximum Gasteiger partial charge on any atom is 0.0642 e. The highest BCUT2D eigenvalue weighted by Gasteiger charge is 2.08. The smallest absolute Gasteiger partial charge is 0.0642 e. The standard InChI is InChI=1S/C18H23ClN2/c1-14(20)12-16-8-9-18(17(19)13-16)21(2)11-10-15-6-4-3-5-7-15/h3-9,13-14H,10-12,20H2,1-2H3. The first-order valence-electron chi connectivity index (χ1n) is 7.35. The lowest BCUT2D eigenvalue weighted by molar-refractivity contribution is 0.738. The lowest BCUT2D eigenvalue weighted by Gasteiger charge is -2.21. The second-order valence-corrected chi connectivity index (χ2v) is 6.03. The van der Waals surface area contributed by atoms with Crippen molar-refractivity contribution >= 4 is 17.3 Å². The lowest BCUT2D eigenvalue weighted by Crippen LogP contribution is -2.21. The molecule has 0 saturated heterocycles. The zero-order valence-electron chi connectivity index (χ0n) is 12.7. The number of nitrogens with zero attached hydrogens (tertiary/aromatic N) is 1. The van der Waals surface area contributed by atoms with E-state index in [4.69, 9.17) is 17.3 Å². The molecular formula is C18H23ClN2. The van der Waals surface area contributed by atoms with Gasteiger partial charge in [0, 0.05) is 19.6 Å². The number of nitrogens with two attached hydrogens (primary N) is 1. The molecule has 112 valence electrons. The molecule has 0 amide bonds. The van der Waals surface area contributed by atoms with Gasteiger partial charge in [-0.25, -0.2) is 0 Å². The predicted octanol–water partition coefficient (Wildman–Crippen LogP) is 3.91. The van der Waals surface area contributed by atoms with Crippen molar-refractivity contribution in [2.45, 2.75) is 25.8 Å². The van der Waals surface area contributed by atoms with Crippen LogP contribution in [0.3, 0.4) is 0 Å². The highest BCUT2D eigenvalue weighted by Crippen LogP contribution is 2.26. The molecule has 0 bridgehead atoms. The van der Waals surface area contributed by atoms with Gasteiger partial charge in [0.2, 0.25) is 0 Å². The Morgan fingerprint density at radius 1 is 1.10 bits per heavy atom. The average molecular weight is 303 g/mol. The Morgan fingerprint density at radius 2 is 1.81 bits per heavy atom. The number of likely N-dealkylation sites (N-methyl/N-ethyl adjacent to an activating group) is 1. The number of anilines is 1. The number of benzene rings is 2. The van der Waals surface area contributed by atoms with Gasteiger partial charge >= 0.3 is 0 Å². The van der Waals surface area contributed by atoms with Gasteiger partial charge in [-0.15, -0.1) is 0 Å². The summed E-state index contributed by atoms with van der Waals surface area (Å²) in [4.78, 5) is 2.20. The summed E-state index contributed by atoms with van der Waals surface area (Å²) in [7, 11) is 2.08. The van der Waals surface area contributed by atoms with Crippen LogP contribution in [-0.4, -0.2) is 19.6 Å². The quantitative estimate of drug-likeness (QED) is 0.876. The summed E-state index contributed by atoms with van der Waals surface area (Å²) in [5.74, 6) is 0. The SMILES string of the molecule is CC(N)Cc1ccc(N(C)CCc2ccccc2)c(Cl)c1. The summed E-state index contributed by atoms with van der Waals surface area (Å²) in [6.45, 7) is 2.95. The zero-order chi connectivity index (χ0) is 15.2. The maximum absolute atomic E-state index is 6.41. The Balaban J connectivity index is 2.00. The molecular weight excluding hydrogens is 280 g/mol. The van der Waals surface area contributed by atoms with Gasteiger partial charge in [-0.1, -0.05) is 48.0 Å². The van der Waals surface area contributed by atoms with Crippen molar-refractivity contribution in [1.82, 2.24) is 0 Å². The molecule has 2 aromatic carbocycles. The van der Waals surface area contributed by atoms with E-state index >= 15 is 0 Å². The minimum Gasteiger partial charge on any atom is -0.373 e. The van der Waals surface area contributed by atoms with Crippen molar-refractivity contribution < 1.29 is 0 Å². The molecule has 2 N–H and O–H groups in total. The van der Waals surface area contributed by atoms with E-state index in [2.05, 4.69) is 48.3 Å². The molecule has 2 rings (SSSR count). The first-order chi connectivity index (χ1) is 10.1. The monoisotopic (exact) mass is 302 g/mol. The van der Waals surface area contributed by atoms with Crippen LogP contribution in [0.1, 0.15) is 18.1 Å². The van der Waals surface area contributed by atoms with E-state index in [1.807, 2.05) is 19.1 Å². The second-order valence-electron chi connectivity index (χ2n) is 5.62. The van der Waals surface area contributed by atoms with Crippen molar-refractivity contribution in [1.29, 1.82) is 0 Å². The Kier molecular flexibility index (Phi) is 5.66. The topological polar surface area (TPSA) is 29.3 Å². The summed E-state index contributed by atoms with van der Waals surface area (Å²) in [5.41, 5.74) is 9.43. The van der Waals surface area contributed by atoms with Crippen LogP contribution in [0.2, 0.25) is 5.02 Å². The number of hydrogen-bond acceptors (Lipinski definition) is 2. The molecule has 0 spiro atoms. The normalized spacial score (nSPS) is 12.2. The number of hydrogen-bond donors (Lipinski definition) is 1. The fraction of sp³-hybridized carbons (Fsp3) is 0.333. The van der Waals surface area contributed by atoms with E-state index < -0.39 is 0 Å². The molecule has 0 heterocycles. The van der Waals surface area contributed by atoms with Crippen LogP contribution in [-0.2, 0) is 12.8 Å². The molecule has 21 heavy (non-hydrogen) atoms. The van der Waals surface area contributed by atoms with Gasteiger partial charge in [0.05, 0.1) is 10.7 Å². The van der Waals surface area contributed by atoms with Gasteiger partial charge < -0.3 is 10.6 Å². The summed E-state index contributed by atoms with van der Waals surface area (Å²) >= 11 is 6.41. The highest BCUT2D eigenvalue weighted by atomic mass is 35.5. The summed E-state index contributed by atoms with van der Waals surface area (Å²) in [6, 6.07) is 16.9. The van der Waals surface area contributed by atoms with E-state index in [1.165, 1.54) is 11.1 Å². The molecule has 0 aromatic heterocycles. The molecule has 2 aromatic rings. The summed E-state index contributed by atoms with van der Waals surface area (Å²) < 4.78 is 0.